The second-order valence-electron chi connectivity index (χ2n) is 3.17. The lowest BCUT2D eigenvalue weighted by atomic mass is 10.1. The van der Waals surface area contributed by atoms with Gasteiger partial charge in [-0.3, -0.25) is 15.1 Å². The molecule has 0 amide bonds. The van der Waals surface area contributed by atoms with Crippen molar-refractivity contribution in [1.29, 1.82) is 0 Å². The van der Waals surface area contributed by atoms with Crippen molar-refractivity contribution in [2.75, 3.05) is 0 Å². The van der Waals surface area contributed by atoms with Crippen LogP contribution < -0.4 is 0 Å². The Labute approximate surface area is 90.7 Å². The zero-order chi connectivity index (χ0) is 11.0. The van der Waals surface area contributed by atoms with Crippen LogP contribution in [0.2, 0.25) is 5.02 Å². The molecule has 2 aromatic rings. The first-order valence-corrected chi connectivity index (χ1v) is 4.67. The van der Waals surface area contributed by atoms with Crippen LogP contribution in [-0.4, -0.2) is 9.91 Å². The number of aromatic nitrogens is 1. The predicted octanol–water partition coefficient (Wildman–Crippen LogP) is 3.10. The second kappa shape index (κ2) is 3.47. The number of nitro benzene ring substituents is 1. The molecule has 15 heavy (non-hydrogen) atoms. The normalized spacial score (nSPS) is 10.5. The molecule has 1 heterocycles. The number of non-ortho nitro benzene ring substituents is 1. The van der Waals surface area contributed by atoms with Crippen LogP contribution in [0.1, 0.15) is 5.69 Å². The molecule has 0 spiro atoms. The summed E-state index contributed by atoms with van der Waals surface area (Å²) in [6.07, 6.45) is 0. The largest absolute Gasteiger partial charge is 0.278 e. The van der Waals surface area contributed by atoms with Crippen LogP contribution in [0.3, 0.4) is 0 Å². The molecule has 0 unspecified atom stereocenters. The lowest BCUT2D eigenvalue weighted by Gasteiger charge is -2.01. The fourth-order valence-electron chi connectivity index (χ4n) is 1.43. The number of hydrogen-bond acceptors (Lipinski definition) is 3. The first-order chi connectivity index (χ1) is 7.09. The predicted molar refractivity (Wildman–Crippen MR) is 58.1 cm³/mol. The van der Waals surface area contributed by atoms with Gasteiger partial charge >= 0.3 is 0 Å². The van der Waals surface area contributed by atoms with Crippen LogP contribution in [0, 0.1) is 17.0 Å². The van der Waals surface area contributed by atoms with E-state index in [2.05, 4.69) is 4.98 Å². The van der Waals surface area contributed by atoms with Crippen molar-refractivity contribution < 1.29 is 4.92 Å². The van der Waals surface area contributed by atoms with Crippen molar-refractivity contribution in [1.82, 2.24) is 4.98 Å². The SMILES string of the molecule is Cc1ccc2c([N+](=O)[O-])ccc(Cl)c2n1. The number of halogens is 1. The topological polar surface area (TPSA) is 56.0 Å². The summed E-state index contributed by atoms with van der Waals surface area (Å²) in [5.74, 6) is 0. The molecule has 76 valence electrons. The van der Waals surface area contributed by atoms with Gasteiger partial charge in [0.05, 0.1) is 20.8 Å². The maximum atomic E-state index is 10.7. The molecule has 0 N–H and O–H groups in total. The summed E-state index contributed by atoms with van der Waals surface area (Å²) >= 11 is 5.92. The zero-order valence-corrected chi connectivity index (χ0v) is 8.65. The molecule has 0 saturated carbocycles. The molecule has 0 atom stereocenters. The van der Waals surface area contributed by atoms with E-state index >= 15 is 0 Å². The summed E-state index contributed by atoms with van der Waals surface area (Å²) in [5, 5.41) is 11.6. The van der Waals surface area contributed by atoms with Crippen molar-refractivity contribution in [3.05, 3.63) is 45.1 Å². The molecule has 2 rings (SSSR count). The van der Waals surface area contributed by atoms with E-state index in [1.54, 1.807) is 12.1 Å². The summed E-state index contributed by atoms with van der Waals surface area (Å²) in [5.41, 5.74) is 1.29. The van der Waals surface area contributed by atoms with E-state index in [-0.39, 0.29) is 5.69 Å². The van der Waals surface area contributed by atoms with Gasteiger partial charge in [-0.2, -0.15) is 0 Å². The molecular formula is C10H7ClN2O2. The Hall–Kier alpha value is -1.68. The molecule has 4 nitrogen and oxygen atoms in total. The number of nitrogens with zero attached hydrogens (tertiary/aromatic N) is 2. The van der Waals surface area contributed by atoms with Crippen LogP contribution in [-0.2, 0) is 0 Å². The standard InChI is InChI=1S/C10H7ClN2O2/c1-6-2-3-7-9(13(14)15)5-4-8(11)10(7)12-6/h2-5H,1H3. The minimum atomic E-state index is -0.435. The third-order valence-electron chi connectivity index (χ3n) is 2.12. The minimum absolute atomic E-state index is 0.0295. The highest BCUT2D eigenvalue weighted by Crippen LogP contribution is 2.29. The summed E-state index contributed by atoms with van der Waals surface area (Å²) in [7, 11) is 0. The third-order valence-corrected chi connectivity index (χ3v) is 2.43. The Morgan fingerprint density at radius 3 is 2.73 bits per heavy atom. The third kappa shape index (κ3) is 1.64. The number of fused-ring (bicyclic) bond motifs is 1. The average molecular weight is 223 g/mol. The molecule has 0 aliphatic heterocycles. The zero-order valence-electron chi connectivity index (χ0n) is 7.90. The van der Waals surface area contributed by atoms with Crippen molar-refractivity contribution in [2.24, 2.45) is 0 Å². The molecule has 5 heteroatoms. The first-order valence-electron chi connectivity index (χ1n) is 4.30. The first kappa shape index (κ1) is 9.86. The maximum absolute atomic E-state index is 10.7. The van der Waals surface area contributed by atoms with Crippen molar-refractivity contribution in [2.45, 2.75) is 6.92 Å². The Morgan fingerprint density at radius 1 is 1.33 bits per heavy atom. The van der Waals surface area contributed by atoms with E-state index in [1.807, 2.05) is 6.92 Å². The molecule has 0 bridgehead atoms. The Morgan fingerprint density at radius 2 is 2.07 bits per heavy atom. The van der Waals surface area contributed by atoms with E-state index < -0.39 is 4.92 Å². The number of aryl methyl sites for hydroxylation is 1. The van der Waals surface area contributed by atoms with Gasteiger partial charge in [-0.15, -0.1) is 0 Å². The van der Waals surface area contributed by atoms with Crippen LogP contribution >= 0.6 is 11.6 Å². The average Bonchev–Trinajstić information content (AvgIpc) is 2.19. The fourth-order valence-corrected chi connectivity index (χ4v) is 1.63. The highest BCUT2D eigenvalue weighted by molar-refractivity contribution is 6.35. The quantitative estimate of drug-likeness (QED) is 0.550. The second-order valence-corrected chi connectivity index (χ2v) is 3.58. The number of hydrogen-bond donors (Lipinski definition) is 0. The van der Waals surface area contributed by atoms with Crippen LogP contribution in [0.5, 0.6) is 0 Å². The Balaban J connectivity index is 2.88. The summed E-state index contributed by atoms with van der Waals surface area (Å²) in [4.78, 5) is 14.5. The van der Waals surface area contributed by atoms with Crippen LogP contribution in [0.4, 0.5) is 5.69 Å². The molecule has 0 fully saturated rings. The van der Waals surface area contributed by atoms with Crippen LogP contribution in [0.15, 0.2) is 24.3 Å². The number of benzene rings is 1. The number of nitro groups is 1. The van der Waals surface area contributed by atoms with Gasteiger partial charge in [0.1, 0.15) is 0 Å². The smallest absolute Gasteiger partial charge is 0.258 e. The van der Waals surface area contributed by atoms with Gasteiger partial charge in [0.2, 0.25) is 0 Å². The fraction of sp³-hybridized carbons (Fsp3) is 0.100. The van der Waals surface area contributed by atoms with Crippen molar-refractivity contribution in [3.8, 4) is 0 Å². The highest BCUT2D eigenvalue weighted by Gasteiger charge is 2.14. The minimum Gasteiger partial charge on any atom is -0.258 e. The van der Waals surface area contributed by atoms with E-state index in [0.717, 1.165) is 5.69 Å². The molecule has 0 saturated heterocycles. The monoisotopic (exact) mass is 222 g/mol. The van der Waals surface area contributed by atoms with Gasteiger partial charge in [-0.1, -0.05) is 11.6 Å². The van der Waals surface area contributed by atoms with Gasteiger partial charge in [0, 0.05) is 11.8 Å². The van der Waals surface area contributed by atoms with Gasteiger partial charge in [-0.05, 0) is 25.1 Å². The van der Waals surface area contributed by atoms with E-state index in [9.17, 15) is 10.1 Å². The lowest BCUT2D eigenvalue weighted by molar-refractivity contribution is -0.383. The Kier molecular flexibility index (Phi) is 2.28. The van der Waals surface area contributed by atoms with Crippen molar-refractivity contribution in [3.63, 3.8) is 0 Å². The van der Waals surface area contributed by atoms with E-state index in [0.29, 0.717) is 15.9 Å². The summed E-state index contributed by atoms with van der Waals surface area (Å²) in [6, 6.07) is 6.28. The molecule has 0 radical (unpaired) electrons. The maximum Gasteiger partial charge on any atom is 0.278 e. The molecular weight excluding hydrogens is 216 g/mol. The lowest BCUT2D eigenvalue weighted by Crippen LogP contribution is -1.92. The van der Waals surface area contributed by atoms with E-state index in [1.165, 1.54) is 12.1 Å². The van der Waals surface area contributed by atoms with E-state index in [4.69, 9.17) is 11.6 Å². The van der Waals surface area contributed by atoms with Crippen molar-refractivity contribution >= 4 is 28.2 Å². The van der Waals surface area contributed by atoms with Gasteiger partial charge in [0.25, 0.3) is 5.69 Å². The highest BCUT2D eigenvalue weighted by atomic mass is 35.5. The number of rotatable bonds is 1. The van der Waals surface area contributed by atoms with Gasteiger partial charge in [0.15, 0.2) is 0 Å². The van der Waals surface area contributed by atoms with Gasteiger partial charge < -0.3 is 0 Å². The summed E-state index contributed by atoms with van der Waals surface area (Å²) in [6.45, 7) is 1.81. The molecule has 1 aromatic carbocycles. The van der Waals surface area contributed by atoms with Crippen LogP contribution in [0.25, 0.3) is 10.9 Å². The van der Waals surface area contributed by atoms with Gasteiger partial charge in [-0.25, -0.2) is 0 Å². The molecule has 0 aliphatic carbocycles. The molecule has 0 aliphatic rings. The number of pyridine rings is 1. The summed E-state index contributed by atoms with van der Waals surface area (Å²) < 4.78 is 0. The Bertz CT molecular complexity index is 554. The molecule has 1 aromatic heterocycles.